The van der Waals surface area contributed by atoms with Gasteiger partial charge in [-0.15, -0.1) is 0 Å². The number of hydrogen-bond donors (Lipinski definition) is 1. The number of phenolic OH excluding ortho intramolecular Hbond substituents is 1. The smallest absolute Gasteiger partial charge is 0.162 e. The fraction of sp³-hybridized carbons (Fsp3) is 0.600. The normalized spacial score (nSPS) is 18.2. The molecular weight excluding hydrogens is 240 g/mol. The van der Waals surface area contributed by atoms with E-state index in [0.29, 0.717) is 18.1 Å². The Balaban J connectivity index is 2.04. The molecule has 1 fully saturated rings. The molecular formula is C15H24N2O2. The highest BCUT2D eigenvalue weighted by Crippen LogP contribution is 2.30. The maximum atomic E-state index is 10.2. The Morgan fingerprint density at radius 1 is 1.21 bits per heavy atom. The van der Waals surface area contributed by atoms with Gasteiger partial charge in [-0.3, -0.25) is 4.90 Å². The van der Waals surface area contributed by atoms with Crippen molar-refractivity contribution in [2.45, 2.75) is 19.9 Å². The third-order valence-electron chi connectivity index (χ3n) is 3.59. The fourth-order valence-corrected chi connectivity index (χ4v) is 2.47. The summed E-state index contributed by atoms with van der Waals surface area (Å²) in [5.74, 6) is 0.883. The maximum Gasteiger partial charge on any atom is 0.162 e. The minimum Gasteiger partial charge on any atom is -0.504 e. The van der Waals surface area contributed by atoms with E-state index in [2.05, 4.69) is 16.8 Å². The predicted octanol–water partition coefficient (Wildman–Crippen LogP) is 1.93. The molecule has 1 aliphatic rings. The number of aromatic hydroxyl groups is 1. The largest absolute Gasteiger partial charge is 0.504 e. The van der Waals surface area contributed by atoms with E-state index in [1.165, 1.54) is 6.42 Å². The summed E-state index contributed by atoms with van der Waals surface area (Å²) in [7, 11) is 2.16. The van der Waals surface area contributed by atoms with Crippen molar-refractivity contribution in [2.24, 2.45) is 0 Å². The lowest BCUT2D eigenvalue weighted by molar-refractivity contribution is 0.262. The van der Waals surface area contributed by atoms with Crippen LogP contribution >= 0.6 is 0 Å². The van der Waals surface area contributed by atoms with Gasteiger partial charge >= 0.3 is 0 Å². The third-order valence-corrected chi connectivity index (χ3v) is 3.59. The number of benzene rings is 1. The Hall–Kier alpha value is -1.26. The van der Waals surface area contributed by atoms with Crippen LogP contribution in [0.2, 0.25) is 0 Å². The second-order valence-electron chi connectivity index (χ2n) is 5.13. The van der Waals surface area contributed by atoms with Crippen molar-refractivity contribution in [3.8, 4) is 11.5 Å². The standard InChI is InChI=1S/C15H24N2O2/c1-3-19-14-7-4-6-13(15(14)18)12-17-9-5-8-16(2)10-11-17/h4,6-7,18H,3,5,8-12H2,1-2H3. The number of para-hydroxylation sites is 1. The zero-order valence-corrected chi connectivity index (χ0v) is 11.9. The molecule has 19 heavy (non-hydrogen) atoms. The van der Waals surface area contributed by atoms with Gasteiger partial charge in [-0.2, -0.15) is 0 Å². The van der Waals surface area contributed by atoms with E-state index in [-0.39, 0.29) is 0 Å². The second-order valence-corrected chi connectivity index (χ2v) is 5.13. The molecule has 0 saturated carbocycles. The van der Waals surface area contributed by atoms with Gasteiger partial charge in [0.05, 0.1) is 6.61 Å². The Labute approximate surface area is 115 Å². The van der Waals surface area contributed by atoms with Gasteiger partial charge in [-0.05, 0) is 39.5 Å². The molecule has 1 aromatic carbocycles. The van der Waals surface area contributed by atoms with Gasteiger partial charge in [-0.1, -0.05) is 12.1 Å². The predicted molar refractivity (Wildman–Crippen MR) is 76.7 cm³/mol. The number of nitrogens with zero attached hydrogens (tertiary/aromatic N) is 2. The van der Waals surface area contributed by atoms with Crippen LogP contribution in [-0.4, -0.2) is 54.7 Å². The molecule has 1 aliphatic heterocycles. The zero-order chi connectivity index (χ0) is 13.7. The maximum absolute atomic E-state index is 10.2. The molecule has 1 aromatic rings. The molecule has 4 nitrogen and oxygen atoms in total. The van der Waals surface area contributed by atoms with Gasteiger partial charge in [0.15, 0.2) is 11.5 Å². The molecule has 0 aromatic heterocycles. The first kappa shape index (κ1) is 14.2. The van der Waals surface area contributed by atoms with Gasteiger partial charge in [-0.25, -0.2) is 0 Å². The molecule has 1 heterocycles. The Kier molecular flexibility index (Phi) is 5.05. The van der Waals surface area contributed by atoms with Crippen molar-refractivity contribution in [3.63, 3.8) is 0 Å². The number of hydrogen-bond acceptors (Lipinski definition) is 4. The summed E-state index contributed by atoms with van der Waals surface area (Å²) < 4.78 is 5.43. The summed E-state index contributed by atoms with van der Waals surface area (Å²) >= 11 is 0. The third kappa shape index (κ3) is 3.85. The van der Waals surface area contributed by atoms with E-state index in [4.69, 9.17) is 4.74 Å². The molecule has 106 valence electrons. The molecule has 0 atom stereocenters. The monoisotopic (exact) mass is 264 g/mol. The minimum absolute atomic E-state index is 0.293. The van der Waals surface area contributed by atoms with E-state index in [0.717, 1.165) is 38.3 Å². The van der Waals surface area contributed by atoms with E-state index in [1.807, 2.05) is 25.1 Å². The summed E-state index contributed by atoms with van der Waals surface area (Å²) in [4.78, 5) is 4.75. The van der Waals surface area contributed by atoms with Gasteiger partial charge < -0.3 is 14.7 Å². The van der Waals surface area contributed by atoms with Crippen LogP contribution in [0.25, 0.3) is 0 Å². The van der Waals surface area contributed by atoms with Crippen LogP contribution in [0.3, 0.4) is 0 Å². The molecule has 0 spiro atoms. The summed E-state index contributed by atoms with van der Waals surface area (Å²) in [6.07, 6.45) is 1.18. The number of ether oxygens (including phenoxy) is 1. The summed E-state index contributed by atoms with van der Waals surface area (Å²) in [6, 6.07) is 5.75. The first-order valence-electron chi connectivity index (χ1n) is 7.05. The lowest BCUT2D eigenvalue weighted by Gasteiger charge is -2.21. The first-order valence-corrected chi connectivity index (χ1v) is 7.05. The van der Waals surface area contributed by atoms with Crippen molar-refractivity contribution >= 4 is 0 Å². The lowest BCUT2D eigenvalue weighted by Crippen LogP contribution is -2.28. The van der Waals surface area contributed by atoms with Crippen molar-refractivity contribution in [3.05, 3.63) is 23.8 Å². The van der Waals surface area contributed by atoms with Crippen LogP contribution in [0, 0.1) is 0 Å². The lowest BCUT2D eigenvalue weighted by atomic mass is 10.1. The van der Waals surface area contributed by atoms with Crippen LogP contribution in [-0.2, 0) is 6.54 Å². The second kappa shape index (κ2) is 6.78. The Bertz CT molecular complexity index is 409. The van der Waals surface area contributed by atoms with Gasteiger partial charge in [0.2, 0.25) is 0 Å². The number of likely N-dealkylation sites (N-methyl/N-ethyl adjacent to an activating group) is 1. The molecule has 0 radical (unpaired) electrons. The van der Waals surface area contributed by atoms with Crippen LogP contribution in [0.4, 0.5) is 0 Å². The Morgan fingerprint density at radius 3 is 2.84 bits per heavy atom. The van der Waals surface area contributed by atoms with Crippen molar-refractivity contribution in [1.82, 2.24) is 9.80 Å². The van der Waals surface area contributed by atoms with E-state index >= 15 is 0 Å². The topological polar surface area (TPSA) is 35.9 Å². The fourth-order valence-electron chi connectivity index (χ4n) is 2.47. The van der Waals surface area contributed by atoms with Crippen LogP contribution < -0.4 is 4.74 Å². The first-order chi connectivity index (χ1) is 9.20. The quantitative estimate of drug-likeness (QED) is 0.901. The molecule has 0 bridgehead atoms. The minimum atomic E-state index is 0.293. The molecule has 0 aliphatic carbocycles. The summed E-state index contributed by atoms with van der Waals surface area (Å²) in [6.45, 7) is 7.67. The molecule has 2 rings (SSSR count). The number of phenols is 1. The van der Waals surface area contributed by atoms with E-state index in [1.54, 1.807) is 0 Å². The summed E-state index contributed by atoms with van der Waals surface area (Å²) in [5, 5.41) is 10.2. The highest BCUT2D eigenvalue weighted by atomic mass is 16.5. The van der Waals surface area contributed by atoms with Crippen LogP contribution in [0.5, 0.6) is 11.5 Å². The van der Waals surface area contributed by atoms with Crippen LogP contribution in [0.15, 0.2) is 18.2 Å². The van der Waals surface area contributed by atoms with Crippen molar-refractivity contribution < 1.29 is 9.84 Å². The van der Waals surface area contributed by atoms with E-state index < -0.39 is 0 Å². The number of rotatable bonds is 4. The molecule has 4 heteroatoms. The molecule has 0 unspecified atom stereocenters. The van der Waals surface area contributed by atoms with Gasteiger partial charge in [0.25, 0.3) is 0 Å². The van der Waals surface area contributed by atoms with Crippen molar-refractivity contribution in [1.29, 1.82) is 0 Å². The van der Waals surface area contributed by atoms with Gasteiger partial charge in [0, 0.05) is 25.2 Å². The zero-order valence-electron chi connectivity index (χ0n) is 11.9. The van der Waals surface area contributed by atoms with Crippen molar-refractivity contribution in [2.75, 3.05) is 39.8 Å². The molecule has 1 saturated heterocycles. The molecule has 0 amide bonds. The SMILES string of the molecule is CCOc1cccc(CN2CCCN(C)CC2)c1O. The Morgan fingerprint density at radius 2 is 2.05 bits per heavy atom. The average Bonchev–Trinajstić information content (AvgIpc) is 2.60. The average molecular weight is 264 g/mol. The highest BCUT2D eigenvalue weighted by Gasteiger charge is 2.15. The van der Waals surface area contributed by atoms with E-state index in [9.17, 15) is 5.11 Å². The van der Waals surface area contributed by atoms with Crippen LogP contribution in [0.1, 0.15) is 18.9 Å². The summed E-state index contributed by atoms with van der Waals surface area (Å²) in [5.41, 5.74) is 0.954. The highest BCUT2D eigenvalue weighted by molar-refractivity contribution is 5.45. The van der Waals surface area contributed by atoms with Gasteiger partial charge in [0.1, 0.15) is 0 Å². The molecule has 1 N–H and O–H groups in total.